The van der Waals surface area contributed by atoms with Gasteiger partial charge in [-0.3, -0.25) is 0 Å². The number of aromatic hydroxyl groups is 23. The van der Waals surface area contributed by atoms with Gasteiger partial charge >= 0.3 is 0 Å². The average Bonchev–Trinajstić information content (AvgIpc) is 4.15. The molecule has 0 radical (unpaired) electrons. The second kappa shape index (κ2) is 14.5. The molecule has 0 saturated carbocycles. The fraction of sp³-hybridized carbons (Fsp3) is 0.0652. The van der Waals surface area contributed by atoms with Crippen molar-refractivity contribution in [3.8, 4) is 178 Å². The van der Waals surface area contributed by atoms with E-state index in [0.29, 0.717) is 0 Å². The maximum atomic E-state index is 12.4. The van der Waals surface area contributed by atoms with Crippen LogP contribution in [0.25, 0.3) is 67.9 Å². The normalized spacial score (nSPS) is 15.0. The van der Waals surface area contributed by atoms with Gasteiger partial charge in [-0.2, -0.15) is 0 Å². The van der Waals surface area contributed by atoms with Gasteiger partial charge in [-0.1, -0.05) is 0 Å². The van der Waals surface area contributed by atoms with Crippen molar-refractivity contribution in [2.24, 2.45) is 0 Å². The van der Waals surface area contributed by atoms with E-state index in [1.807, 2.05) is 0 Å². The number of rotatable bonds is 4. The molecule has 75 heavy (non-hydrogen) atoms. The molecular weight excluding hydrogens is 1000 g/mol. The fourth-order valence-electron chi connectivity index (χ4n) is 10.1. The summed E-state index contributed by atoms with van der Waals surface area (Å²) in [4.78, 5) is 13.0. The Kier molecular flexibility index (Phi) is 8.94. The molecule has 0 saturated heterocycles. The summed E-state index contributed by atoms with van der Waals surface area (Å²) in [7, 11) is 1.19. The highest BCUT2D eigenvalue weighted by Crippen LogP contribution is 2.72. The van der Waals surface area contributed by atoms with Crippen molar-refractivity contribution < 1.29 is 122 Å². The van der Waals surface area contributed by atoms with Crippen molar-refractivity contribution >= 4 is 47.3 Å². The van der Waals surface area contributed by atoms with E-state index < -0.39 is 229 Å². The molecular formula is C46H31BN4O24. The summed E-state index contributed by atoms with van der Waals surface area (Å²) in [5, 5.41) is 256. The Morgan fingerprint density at radius 1 is 0.400 bits per heavy atom. The van der Waals surface area contributed by atoms with Gasteiger partial charge in [0.2, 0.25) is 51.7 Å². The molecule has 8 aromatic rings. The van der Waals surface area contributed by atoms with Gasteiger partial charge in [0.15, 0.2) is 86.3 Å². The van der Waals surface area contributed by atoms with Gasteiger partial charge in [0.1, 0.15) is 47.5 Å². The third kappa shape index (κ3) is 5.34. The third-order valence-corrected chi connectivity index (χ3v) is 13.7. The van der Waals surface area contributed by atoms with Crippen LogP contribution in [0, 0.1) is 6.92 Å². The molecule has 2 aliphatic heterocycles. The molecule has 0 spiro atoms. The Hall–Kier alpha value is -11.1. The van der Waals surface area contributed by atoms with Gasteiger partial charge in [-0.25, -0.2) is 15.0 Å². The summed E-state index contributed by atoms with van der Waals surface area (Å²) < 4.78 is 6.17. The molecule has 382 valence electrons. The quantitative estimate of drug-likeness (QED) is 0.0684. The van der Waals surface area contributed by atoms with Crippen molar-refractivity contribution in [2.45, 2.75) is 18.9 Å². The van der Waals surface area contributed by atoms with Gasteiger partial charge in [0, 0.05) is 27.6 Å². The summed E-state index contributed by atoms with van der Waals surface area (Å²) >= 11 is 0. The van der Waals surface area contributed by atoms with E-state index >= 15 is 0 Å². The lowest BCUT2D eigenvalue weighted by molar-refractivity contribution is 0.329. The standard InChI is InChI=1S/C46H31BN4O24/c1-3-19(52)12(26(59)33(66)20(3)53)44-48-45(50-46(49-44)14-28(61)36(69)40(73)37(70)29(14)62)13-21(54)11(25(58)34(67)27(13)60)8-6-5-2-4-7-17(32(65)39(72)35(68)22(7)55)51-16(4)10(9-18(51)30(63)15(47)31(64)24(9)57)42(5)75-43(6)41(74)38(71)23(8)56/h2,10,16,52-74H,47H2,1H3. The van der Waals surface area contributed by atoms with E-state index in [2.05, 4.69) is 15.0 Å². The van der Waals surface area contributed by atoms with Gasteiger partial charge in [0.25, 0.3) is 0 Å². The van der Waals surface area contributed by atoms with E-state index in [1.54, 1.807) is 0 Å². The maximum absolute atomic E-state index is 12.4. The molecule has 3 aliphatic rings. The van der Waals surface area contributed by atoms with Crippen LogP contribution in [0.15, 0.2) is 4.42 Å². The van der Waals surface area contributed by atoms with E-state index in [4.69, 9.17) is 4.42 Å². The van der Waals surface area contributed by atoms with E-state index in [9.17, 15) is 117 Å². The fourth-order valence-corrected chi connectivity index (χ4v) is 10.1. The minimum Gasteiger partial charge on any atom is -0.507 e. The van der Waals surface area contributed by atoms with E-state index in [0.717, 1.165) is 17.9 Å². The molecule has 6 aromatic carbocycles. The first-order valence-corrected chi connectivity index (χ1v) is 21.1. The molecule has 29 heteroatoms. The number of hydrogen-bond donors (Lipinski definition) is 23. The van der Waals surface area contributed by atoms with Crippen molar-refractivity contribution in [3.63, 3.8) is 0 Å². The molecule has 2 unspecified atom stereocenters. The number of nitrogens with zero attached hydrogens (tertiary/aromatic N) is 4. The zero-order chi connectivity index (χ0) is 54.5. The van der Waals surface area contributed by atoms with Gasteiger partial charge < -0.3 is 127 Å². The first-order chi connectivity index (χ1) is 35.2. The number of phenols is 23. The lowest BCUT2D eigenvalue weighted by atomic mass is 9.78. The molecule has 0 bridgehead atoms. The van der Waals surface area contributed by atoms with Crippen molar-refractivity contribution in [1.29, 1.82) is 0 Å². The highest BCUT2D eigenvalue weighted by atomic mass is 16.4. The average molecular weight is 1030 g/mol. The van der Waals surface area contributed by atoms with Crippen LogP contribution in [0.3, 0.4) is 0 Å². The summed E-state index contributed by atoms with van der Waals surface area (Å²) in [5.41, 5.74) is -9.82. The molecule has 2 aromatic heterocycles. The summed E-state index contributed by atoms with van der Waals surface area (Å²) in [5.74, 6) is -35.7. The van der Waals surface area contributed by atoms with Crippen molar-refractivity contribution in [1.82, 2.24) is 15.0 Å². The molecule has 4 heterocycles. The van der Waals surface area contributed by atoms with Crippen LogP contribution in [0.1, 0.15) is 33.9 Å². The SMILES string of the molecule is Bc1c(O)c(O)c2c(c1O)N1c3c(O)c(O)c(O)c(O)c3C3=Cc4c(oc5c(O)c(O)c(O)c(-c6c(O)c(O)c(O)c(-c7nc(-c8c(O)c(C)c(O)c(O)c8O)nc(-c8c(O)c(O)c(O)c(O)c8O)n7)c6O)c45)C2C31. The predicted molar refractivity (Wildman–Crippen MR) is 251 cm³/mol. The first-order valence-electron chi connectivity index (χ1n) is 21.1. The van der Waals surface area contributed by atoms with Crippen LogP contribution in [0.5, 0.6) is 132 Å². The minimum absolute atomic E-state index is 0.175. The molecule has 28 nitrogen and oxygen atoms in total. The topological polar surface area (TPSA) is 520 Å². The summed E-state index contributed by atoms with van der Waals surface area (Å²) in [6, 6.07) is -1.39. The highest BCUT2D eigenvalue weighted by Gasteiger charge is 2.58. The van der Waals surface area contributed by atoms with Crippen LogP contribution < -0.4 is 10.4 Å². The number of furan rings is 1. The monoisotopic (exact) mass is 1030 g/mol. The Morgan fingerprint density at radius 3 is 1.36 bits per heavy atom. The van der Waals surface area contributed by atoms with Crippen LogP contribution in [-0.4, -0.2) is 146 Å². The van der Waals surface area contributed by atoms with E-state index in [1.165, 1.54) is 7.85 Å². The largest absolute Gasteiger partial charge is 0.507 e. The molecule has 11 rings (SSSR count). The van der Waals surface area contributed by atoms with Crippen LogP contribution in [0.4, 0.5) is 11.4 Å². The number of fused-ring (bicyclic) bond motifs is 10. The van der Waals surface area contributed by atoms with Gasteiger partial charge in [-0.05, 0) is 24.0 Å². The Morgan fingerprint density at radius 2 is 0.813 bits per heavy atom. The zero-order valence-corrected chi connectivity index (χ0v) is 37.2. The lowest BCUT2D eigenvalue weighted by Gasteiger charge is -2.26. The van der Waals surface area contributed by atoms with Crippen molar-refractivity contribution in [2.75, 3.05) is 4.90 Å². The molecule has 2 atom stereocenters. The Labute approximate surface area is 412 Å². The van der Waals surface area contributed by atoms with E-state index in [-0.39, 0.29) is 22.3 Å². The first kappa shape index (κ1) is 46.3. The van der Waals surface area contributed by atoms with Gasteiger partial charge in [0.05, 0.1) is 34.5 Å². The lowest BCUT2D eigenvalue weighted by Crippen LogP contribution is -2.28. The zero-order valence-electron chi connectivity index (χ0n) is 37.2. The smallest absolute Gasteiger partial charge is 0.208 e. The number of anilines is 2. The van der Waals surface area contributed by atoms with Crippen molar-refractivity contribution in [3.05, 3.63) is 28.0 Å². The maximum Gasteiger partial charge on any atom is 0.208 e. The van der Waals surface area contributed by atoms with Crippen LogP contribution >= 0.6 is 0 Å². The molecule has 1 aliphatic carbocycles. The minimum atomic E-state index is -1.64. The number of hydrogen-bond acceptors (Lipinski definition) is 28. The molecule has 0 amide bonds. The second-order valence-corrected chi connectivity index (χ2v) is 17.4. The van der Waals surface area contributed by atoms with Crippen LogP contribution in [0.2, 0.25) is 0 Å². The second-order valence-electron chi connectivity index (χ2n) is 17.4. The third-order valence-electron chi connectivity index (χ3n) is 13.7. The summed E-state index contributed by atoms with van der Waals surface area (Å²) in [6.07, 6.45) is 1.11. The molecule has 0 fully saturated rings. The highest BCUT2D eigenvalue weighted by molar-refractivity contribution is 6.37. The van der Waals surface area contributed by atoms with Gasteiger partial charge in [-0.15, -0.1) is 0 Å². The Balaban J connectivity index is 1.27. The number of benzene rings is 6. The molecule has 23 N–H and O–H groups in total. The number of phenolic OH excluding ortho intramolecular Hbond substituents is 23. The Bertz CT molecular complexity index is 3970. The summed E-state index contributed by atoms with van der Waals surface area (Å²) in [6.45, 7) is 1.02. The van der Waals surface area contributed by atoms with Crippen LogP contribution in [-0.2, 0) is 0 Å². The predicted octanol–water partition coefficient (Wildman–Crippen LogP) is 2.60. The number of aromatic nitrogens is 3.